The molecule has 0 amide bonds. The molecule has 0 heterocycles. The third-order valence-corrected chi connectivity index (χ3v) is 2.96. The van der Waals surface area contributed by atoms with Crippen LogP contribution in [0.2, 0.25) is 0 Å². The molecule has 0 atom stereocenters. The van der Waals surface area contributed by atoms with E-state index in [-0.39, 0.29) is 5.78 Å². The predicted molar refractivity (Wildman–Crippen MR) is 65.4 cm³/mol. The third kappa shape index (κ3) is 3.39. The van der Waals surface area contributed by atoms with E-state index in [1.54, 1.807) is 12.2 Å². The van der Waals surface area contributed by atoms with Gasteiger partial charge >= 0.3 is 0 Å². The van der Waals surface area contributed by atoms with Gasteiger partial charge in [-0.1, -0.05) is 44.0 Å². The minimum Gasteiger partial charge on any atom is -0.294 e. The second kappa shape index (κ2) is 5.47. The quantitative estimate of drug-likeness (QED) is 0.773. The van der Waals surface area contributed by atoms with Crippen LogP contribution in [0, 0.1) is 0 Å². The van der Waals surface area contributed by atoms with Crippen LogP contribution in [0.4, 0.5) is 0 Å². The van der Waals surface area contributed by atoms with Crippen molar-refractivity contribution in [3.8, 4) is 0 Å². The minimum absolute atomic E-state index is 0.121. The van der Waals surface area contributed by atoms with E-state index < -0.39 is 0 Å². The summed E-state index contributed by atoms with van der Waals surface area (Å²) in [6.45, 7) is 1.84. The zero-order chi connectivity index (χ0) is 10.6. The molecule has 1 aromatic carbocycles. The maximum atomic E-state index is 11.3. The molecule has 0 aliphatic carbocycles. The lowest BCUT2D eigenvalue weighted by molar-refractivity contribution is -0.114. The van der Waals surface area contributed by atoms with Gasteiger partial charge in [-0.15, -0.1) is 0 Å². The summed E-state index contributed by atoms with van der Waals surface area (Å²) in [7, 11) is 0. The summed E-state index contributed by atoms with van der Waals surface area (Å²) in [6, 6.07) is 5.82. The molecule has 3 heteroatoms. The van der Waals surface area contributed by atoms with Crippen molar-refractivity contribution in [1.29, 1.82) is 0 Å². The summed E-state index contributed by atoms with van der Waals surface area (Å²) in [5.41, 5.74) is 1.01. The highest BCUT2D eigenvalue weighted by molar-refractivity contribution is 9.11. The molecule has 0 aromatic heterocycles. The van der Waals surface area contributed by atoms with E-state index in [0.717, 1.165) is 14.5 Å². The van der Waals surface area contributed by atoms with Crippen molar-refractivity contribution in [2.24, 2.45) is 0 Å². The van der Waals surface area contributed by atoms with Gasteiger partial charge in [0.15, 0.2) is 5.78 Å². The molecule has 0 unspecified atom stereocenters. The largest absolute Gasteiger partial charge is 0.294 e. The second-order valence-corrected chi connectivity index (χ2v) is 4.65. The highest BCUT2D eigenvalue weighted by Gasteiger charge is 2.04. The second-order valence-electron chi connectivity index (χ2n) is 2.88. The van der Waals surface area contributed by atoms with Crippen LogP contribution in [0.3, 0.4) is 0 Å². The number of carbonyl (C=O) groups is 1. The Hall–Kier alpha value is -0.410. The number of ketones is 1. The third-order valence-electron chi connectivity index (χ3n) is 1.73. The summed E-state index contributed by atoms with van der Waals surface area (Å²) in [4.78, 5) is 11.3. The van der Waals surface area contributed by atoms with E-state index in [2.05, 4.69) is 31.9 Å². The fourth-order valence-corrected chi connectivity index (χ4v) is 2.28. The van der Waals surface area contributed by atoms with Gasteiger partial charge in [0.2, 0.25) is 0 Å². The average molecular weight is 318 g/mol. The predicted octanol–water partition coefficient (Wildman–Crippen LogP) is 3.90. The highest BCUT2D eigenvalue weighted by Crippen LogP contribution is 2.22. The average Bonchev–Trinajstić information content (AvgIpc) is 2.10. The fourth-order valence-electron chi connectivity index (χ4n) is 1.10. The number of allylic oxidation sites excluding steroid dienone is 2. The van der Waals surface area contributed by atoms with Crippen LogP contribution in [0.1, 0.15) is 12.5 Å². The molecule has 0 fully saturated rings. The van der Waals surface area contributed by atoms with Crippen LogP contribution in [0.25, 0.3) is 0 Å². The summed E-state index contributed by atoms with van der Waals surface area (Å²) in [6.07, 6.45) is 3.79. The van der Waals surface area contributed by atoms with Crippen molar-refractivity contribution in [3.05, 3.63) is 44.9 Å². The zero-order valence-corrected chi connectivity index (χ0v) is 10.9. The summed E-state index contributed by atoms with van der Waals surface area (Å²) < 4.78 is 1.97. The number of benzene rings is 1. The standard InChI is InChI=1S/C11H10Br2O/c1-2-3-10(14)6-8-4-5-9(12)7-11(8)13/h2-5,7H,6H2,1H3/b3-2+. The first-order valence-corrected chi connectivity index (χ1v) is 5.81. The van der Waals surface area contributed by atoms with Crippen LogP contribution in [-0.4, -0.2) is 5.78 Å². The molecule has 0 N–H and O–H groups in total. The molecule has 14 heavy (non-hydrogen) atoms. The summed E-state index contributed by atoms with van der Waals surface area (Å²) in [5.74, 6) is 0.121. The van der Waals surface area contributed by atoms with Crippen molar-refractivity contribution < 1.29 is 4.79 Å². The van der Waals surface area contributed by atoms with Gasteiger partial charge in [-0.05, 0) is 30.7 Å². The van der Waals surface area contributed by atoms with Crippen molar-refractivity contribution in [2.75, 3.05) is 0 Å². The van der Waals surface area contributed by atoms with Gasteiger partial charge < -0.3 is 0 Å². The number of hydrogen-bond donors (Lipinski definition) is 0. The lowest BCUT2D eigenvalue weighted by Crippen LogP contribution is -1.98. The van der Waals surface area contributed by atoms with E-state index in [4.69, 9.17) is 0 Å². The van der Waals surface area contributed by atoms with Crippen molar-refractivity contribution in [3.63, 3.8) is 0 Å². The van der Waals surface area contributed by atoms with Crippen LogP contribution < -0.4 is 0 Å². The van der Waals surface area contributed by atoms with Crippen molar-refractivity contribution >= 4 is 37.6 Å². The fraction of sp³-hybridized carbons (Fsp3) is 0.182. The van der Waals surface area contributed by atoms with E-state index in [0.29, 0.717) is 6.42 Å². The molecule has 0 saturated heterocycles. The van der Waals surface area contributed by atoms with E-state index in [1.165, 1.54) is 0 Å². The SMILES string of the molecule is C/C=C/C(=O)Cc1ccc(Br)cc1Br. The van der Waals surface area contributed by atoms with Crippen LogP contribution in [0.5, 0.6) is 0 Å². The molecule has 0 aliphatic heterocycles. The Kier molecular flexibility index (Phi) is 4.55. The van der Waals surface area contributed by atoms with Crippen LogP contribution >= 0.6 is 31.9 Å². The molecule has 0 bridgehead atoms. The summed E-state index contributed by atoms with van der Waals surface area (Å²) >= 11 is 6.78. The van der Waals surface area contributed by atoms with Gasteiger partial charge in [0, 0.05) is 15.4 Å². The Morgan fingerprint density at radius 3 is 2.71 bits per heavy atom. The Balaban J connectivity index is 2.82. The van der Waals surface area contributed by atoms with Crippen molar-refractivity contribution in [1.82, 2.24) is 0 Å². The van der Waals surface area contributed by atoms with Gasteiger partial charge in [0.25, 0.3) is 0 Å². The lowest BCUT2D eigenvalue weighted by Gasteiger charge is -2.02. The molecular formula is C11H10Br2O. The smallest absolute Gasteiger partial charge is 0.159 e. The number of carbonyl (C=O) groups excluding carboxylic acids is 1. The molecule has 74 valence electrons. The number of halogens is 2. The first-order chi connectivity index (χ1) is 6.63. The zero-order valence-electron chi connectivity index (χ0n) is 7.76. The number of rotatable bonds is 3. The molecule has 0 radical (unpaired) electrons. The topological polar surface area (TPSA) is 17.1 Å². The molecule has 0 aliphatic rings. The first kappa shape index (κ1) is 11.7. The summed E-state index contributed by atoms with van der Waals surface area (Å²) in [5, 5.41) is 0. The Labute approximate surface area is 100 Å². The maximum absolute atomic E-state index is 11.3. The molecule has 0 spiro atoms. The number of hydrogen-bond acceptors (Lipinski definition) is 1. The molecule has 1 aromatic rings. The van der Waals surface area contributed by atoms with Crippen LogP contribution in [-0.2, 0) is 11.2 Å². The Morgan fingerprint density at radius 1 is 1.43 bits per heavy atom. The molecular weight excluding hydrogens is 308 g/mol. The Morgan fingerprint density at radius 2 is 2.14 bits per heavy atom. The van der Waals surface area contributed by atoms with E-state index >= 15 is 0 Å². The normalized spacial score (nSPS) is 10.8. The van der Waals surface area contributed by atoms with Crippen molar-refractivity contribution in [2.45, 2.75) is 13.3 Å². The minimum atomic E-state index is 0.121. The van der Waals surface area contributed by atoms with E-state index in [9.17, 15) is 4.79 Å². The van der Waals surface area contributed by atoms with Gasteiger partial charge in [-0.2, -0.15) is 0 Å². The van der Waals surface area contributed by atoms with Gasteiger partial charge in [0.05, 0.1) is 0 Å². The van der Waals surface area contributed by atoms with E-state index in [1.807, 2.05) is 25.1 Å². The highest BCUT2D eigenvalue weighted by atomic mass is 79.9. The first-order valence-electron chi connectivity index (χ1n) is 4.23. The van der Waals surface area contributed by atoms with Gasteiger partial charge in [-0.3, -0.25) is 4.79 Å². The monoisotopic (exact) mass is 316 g/mol. The maximum Gasteiger partial charge on any atom is 0.159 e. The van der Waals surface area contributed by atoms with Crippen LogP contribution in [0.15, 0.2) is 39.3 Å². The Bertz CT molecular complexity index is 370. The lowest BCUT2D eigenvalue weighted by atomic mass is 10.1. The van der Waals surface area contributed by atoms with Gasteiger partial charge in [0.1, 0.15) is 0 Å². The molecule has 1 nitrogen and oxygen atoms in total. The van der Waals surface area contributed by atoms with Gasteiger partial charge in [-0.25, -0.2) is 0 Å². The molecule has 0 saturated carbocycles. The molecule has 1 rings (SSSR count).